The van der Waals surface area contributed by atoms with Gasteiger partial charge in [-0.1, -0.05) is 6.92 Å². The molecule has 2 aliphatic heterocycles. The maximum absolute atomic E-state index is 6.08. The molecule has 2 heterocycles. The fraction of sp³-hybridized carbons (Fsp3) is 0.917. The molecule has 0 bridgehead atoms. The molecule has 2 unspecified atom stereocenters. The molecule has 1 saturated carbocycles. The minimum Gasteiger partial charge on any atom is -0.370 e. The second-order valence-electron chi connectivity index (χ2n) is 5.69. The van der Waals surface area contributed by atoms with Gasteiger partial charge in [0.25, 0.3) is 0 Å². The molecular formula is C12H22N4. The summed E-state index contributed by atoms with van der Waals surface area (Å²) >= 11 is 0. The molecule has 2 atom stereocenters. The van der Waals surface area contributed by atoms with Crippen LogP contribution in [0.5, 0.6) is 0 Å². The Labute approximate surface area is 97.3 Å². The Bertz CT molecular complexity index is 310. The van der Waals surface area contributed by atoms with Gasteiger partial charge in [-0.3, -0.25) is 4.99 Å². The van der Waals surface area contributed by atoms with Crippen LogP contribution in [0.1, 0.15) is 26.2 Å². The number of nitrogens with zero attached hydrogens (tertiary/aromatic N) is 2. The molecule has 16 heavy (non-hydrogen) atoms. The maximum atomic E-state index is 6.08. The highest BCUT2D eigenvalue weighted by Crippen LogP contribution is 2.39. The molecule has 0 aromatic rings. The van der Waals surface area contributed by atoms with Crippen molar-refractivity contribution in [2.75, 3.05) is 26.2 Å². The SMILES string of the molecule is CC1CNCCC12CN=C(N)N2CC1CC1. The smallest absolute Gasteiger partial charge is 0.191 e. The zero-order valence-electron chi connectivity index (χ0n) is 10.1. The number of nitrogens with two attached hydrogens (primary N) is 1. The van der Waals surface area contributed by atoms with Gasteiger partial charge < -0.3 is 16.0 Å². The van der Waals surface area contributed by atoms with E-state index in [1.54, 1.807) is 0 Å². The van der Waals surface area contributed by atoms with Crippen LogP contribution < -0.4 is 11.1 Å². The summed E-state index contributed by atoms with van der Waals surface area (Å²) in [5, 5.41) is 3.47. The zero-order valence-corrected chi connectivity index (χ0v) is 10.1. The van der Waals surface area contributed by atoms with E-state index in [0.717, 1.165) is 38.1 Å². The summed E-state index contributed by atoms with van der Waals surface area (Å²) in [6.07, 6.45) is 3.95. The standard InChI is InChI=1S/C12H22N4/c1-9-6-14-5-4-12(9)8-15-11(13)16(12)7-10-2-3-10/h9-10,14H,2-8H2,1H3,(H2,13,15). The summed E-state index contributed by atoms with van der Waals surface area (Å²) in [7, 11) is 0. The van der Waals surface area contributed by atoms with E-state index in [0.29, 0.717) is 5.92 Å². The third-order valence-electron chi connectivity index (χ3n) is 4.57. The van der Waals surface area contributed by atoms with Crippen LogP contribution in [0.25, 0.3) is 0 Å². The second-order valence-corrected chi connectivity index (χ2v) is 5.69. The number of rotatable bonds is 2. The van der Waals surface area contributed by atoms with Crippen molar-refractivity contribution >= 4 is 5.96 Å². The third kappa shape index (κ3) is 1.51. The fourth-order valence-corrected chi connectivity index (χ4v) is 3.15. The summed E-state index contributed by atoms with van der Waals surface area (Å²) in [5.41, 5.74) is 6.31. The van der Waals surface area contributed by atoms with Crippen molar-refractivity contribution in [2.45, 2.75) is 31.7 Å². The quantitative estimate of drug-likeness (QED) is 0.711. The molecule has 3 aliphatic rings. The number of hydrogen-bond donors (Lipinski definition) is 2. The molecule has 0 amide bonds. The van der Waals surface area contributed by atoms with Gasteiger partial charge >= 0.3 is 0 Å². The van der Waals surface area contributed by atoms with Crippen LogP contribution in [-0.4, -0.2) is 42.6 Å². The topological polar surface area (TPSA) is 53.6 Å². The van der Waals surface area contributed by atoms with Gasteiger partial charge in [-0.05, 0) is 44.2 Å². The first-order valence-corrected chi connectivity index (χ1v) is 6.51. The van der Waals surface area contributed by atoms with Gasteiger partial charge in [0.05, 0.1) is 12.1 Å². The first-order valence-electron chi connectivity index (χ1n) is 6.51. The van der Waals surface area contributed by atoms with E-state index in [9.17, 15) is 0 Å². The zero-order chi connectivity index (χ0) is 11.2. The highest BCUT2D eigenvalue weighted by atomic mass is 15.4. The van der Waals surface area contributed by atoms with Gasteiger partial charge in [-0.15, -0.1) is 0 Å². The molecule has 1 saturated heterocycles. The number of guanidine groups is 1. The van der Waals surface area contributed by atoms with Gasteiger partial charge in [-0.25, -0.2) is 0 Å². The van der Waals surface area contributed by atoms with Gasteiger partial charge in [0, 0.05) is 6.54 Å². The predicted molar refractivity (Wildman–Crippen MR) is 65.3 cm³/mol. The van der Waals surface area contributed by atoms with E-state index in [-0.39, 0.29) is 5.54 Å². The summed E-state index contributed by atoms with van der Waals surface area (Å²) in [6, 6.07) is 0. The van der Waals surface area contributed by atoms with Crippen molar-refractivity contribution in [3.63, 3.8) is 0 Å². The van der Waals surface area contributed by atoms with Crippen LogP contribution in [-0.2, 0) is 0 Å². The van der Waals surface area contributed by atoms with Crippen LogP contribution in [0.2, 0.25) is 0 Å². The number of piperidine rings is 1. The Morgan fingerprint density at radius 3 is 3.06 bits per heavy atom. The summed E-state index contributed by atoms with van der Waals surface area (Å²) < 4.78 is 0. The molecule has 3 rings (SSSR count). The lowest BCUT2D eigenvalue weighted by Gasteiger charge is -2.47. The third-order valence-corrected chi connectivity index (χ3v) is 4.57. The van der Waals surface area contributed by atoms with E-state index in [2.05, 4.69) is 22.1 Å². The highest BCUT2D eigenvalue weighted by molar-refractivity contribution is 5.81. The first kappa shape index (κ1) is 10.4. The van der Waals surface area contributed by atoms with Crippen molar-refractivity contribution in [2.24, 2.45) is 22.6 Å². The Morgan fingerprint density at radius 2 is 2.38 bits per heavy atom. The van der Waals surface area contributed by atoms with E-state index in [1.165, 1.54) is 19.3 Å². The monoisotopic (exact) mass is 222 g/mol. The maximum Gasteiger partial charge on any atom is 0.191 e. The lowest BCUT2D eigenvalue weighted by molar-refractivity contribution is 0.0896. The van der Waals surface area contributed by atoms with Crippen LogP contribution in [0.3, 0.4) is 0 Å². The van der Waals surface area contributed by atoms with Gasteiger partial charge in [0.1, 0.15) is 0 Å². The van der Waals surface area contributed by atoms with Gasteiger partial charge in [0.15, 0.2) is 5.96 Å². The Kier molecular flexibility index (Phi) is 2.35. The molecular weight excluding hydrogens is 200 g/mol. The van der Waals surface area contributed by atoms with E-state index in [4.69, 9.17) is 5.73 Å². The van der Waals surface area contributed by atoms with Crippen LogP contribution in [0.15, 0.2) is 4.99 Å². The largest absolute Gasteiger partial charge is 0.370 e. The summed E-state index contributed by atoms with van der Waals surface area (Å²) in [4.78, 5) is 6.95. The molecule has 90 valence electrons. The Balaban J connectivity index is 1.81. The van der Waals surface area contributed by atoms with Crippen LogP contribution in [0, 0.1) is 11.8 Å². The van der Waals surface area contributed by atoms with Crippen molar-refractivity contribution < 1.29 is 0 Å². The first-order chi connectivity index (χ1) is 7.72. The molecule has 0 aromatic heterocycles. The van der Waals surface area contributed by atoms with Gasteiger partial charge in [0.2, 0.25) is 0 Å². The van der Waals surface area contributed by atoms with Crippen molar-refractivity contribution in [3.05, 3.63) is 0 Å². The number of nitrogens with one attached hydrogen (secondary N) is 1. The van der Waals surface area contributed by atoms with Gasteiger partial charge in [-0.2, -0.15) is 0 Å². The molecule has 4 nitrogen and oxygen atoms in total. The van der Waals surface area contributed by atoms with Crippen LogP contribution >= 0.6 is 0 Å². The van der Waals surface area contributed by atoms with Crippen molar-refractivity contribution in [1.29, 1.82) is 0 Å². The predicted octanol–water partition coefficient (Wildman–Crippen LogP) is 0.395. The summed E-state index contributed by atoms with van der Waals surface area (Å²) in [5.74, 6) is 2.32. The molecule has 0 aromatic carbocycles. The Hall–Kier alpha value is -0.770. The normalized spacial score (nSPS) is 39.2. The molecule has 3 N–H and O–H groups in total. The molecule has 0 radical (unpaired) electrons. The van der Waals surface area contributed by atoms with Crippen molar-refractivity contribution in [3.8, 4) is 0 Å². The second kappa shape index (κ2) is 3.62. The van der Waals surface area contributed by atoms with E-state index >= 15 is 0 Å². The van der Waals surface area contributed by atoms with Crippen LogP contribution in [0.4, 0.5) is 0 Å². The van der Waals surface area contributed by atoms with Crippen molar-refractivity contribution in [1.82, 2.24) is 10.2 Å². The number of aliphatic imine (C=N–C) groups is 1. The molecule has 4 heteroatoms. The van der Waals surface area contributed by atoms with E-state index in [1.807, 2.05) is 0 Å². The molecule has 2 fully saturated rings. The average molecular weight is 222 g/mol. The highest BCUT2D eigenvalue weighted by Gasteiger charge is 2.48. The minimum atomic E-state index is 0.234. The minimum absolute atomic E-state index is 0.234. The summed E-state index contributed by atoms with van der Waals surface area (Å²) in [6.45, 7) is 6.59. The number of hydrogen-bond acceptors (Lipinski definition) is 4. The average Bonchev–Trinajstić information content (AvgIpc) is 3.04. The lowest BCUT2D eigenvalue weighted by atomic mass is 9.78. The fourth-order valence-electron chi connectivity index (χ4n) is 3.15. The van der Waals surface area contributed by atoms with E-state index < -0.39 is 0 Å². The molecule has 1 spiro atoms. The molecule has 1 aliphatic carbocycles. The Morgan fingerprint density at radius 1 is 1.56 bits per heavy atom. The lowest BCUT2D eigenvalue weighted by Crippen LogP contribution is -2.61.